The molecule has 5 nitrogen and oxygen atoms in total. The van der Waals surface area contributed by atoms with E-state index < -0.39 is 0 Å². The van der Waals surface area contributed by atoms with Gasteiger partial charge in [0, 0.05) is 32.4 Å². The summed E-state index contributed by atoms with van der Waals surface area (Å²) >= 11 is 0. The molecule has 0 aliphatic heterocycles. The van der Waals surface area contributed by atoms with E-state index in [9.17, 15) is 0 Å². The minimum atomic E-state index is 0.613. The van der Waals surface area contributed by atoms with Crippen LogP contribution in [-0.2, 0) is 13.1 Å². The van der Waals surface area contributed by atoms with E-state index in [0.29, 0.717) is 12.4 Å². The summed E-state index contributed by atoms with van der Waals surface area (Å²) < 4.78 is 5.12. The fourth-order valence-electron chi connectivity index (χ4n) is 2.07. The van der Waals surface area contributed by atoms with Gasteiger partial charge in [-0.1, -0.05) is 24.3 Å². The molecule has 0 radical (unpaired) electrons. The molecule has 2 aromatic rings. The predicted molar refractivity (Wildman–Crippen MR) is 89.0 cm³/mol. The van der Waals surface area contributed by atoms with E-state index in [1.165, 1.54) is 11.1 Å². The van der Waals surface area contributed by atoms with Crippen LogP contribution in [0.5, 0.6) is 5.88 Å². The third kappa shape index (κ3) is 4.48. The van der Waals surface area contributed by atoms with Crippen molar-refractivity contribution < 1.29 is 4.74 Å². The van der Waals surface area contributed by atoms with Crippen LogP contribution >= 0.6 is 0 Å². The van der Waals surface area contributed by atoms with E-state index in [1.54, 1.807) is 20.4 Å². The highest BCUT2D eigenvalue weighted by atomic mass is 16.5. The van der Waals surface area contributed by atoms with Gasteiger partial charge in [0.05, 0.1) is 7.11 Å². The number of ether oxygens (including phenoxy) is 1. The Morgan fingerprint density at radius 3 is 2.68 bits per heavy atom. The van der Waals surface area contributed by atoms with Crippen molar-refractivity contribution >= 4 is 5.96 Å². The third-order valence-corrected chi connectivity index (χ3v) is 3.40. The number of aliphatic imine (C=N–C) groups is 1. The molecule has 116 valence electrons. The van der Waals surface area contributed by atoms with Crippen LogP contribution in [0.25, 0.3) is 0 Å². The van der Waals surface area contributed by atoms with Gasteiger partial charge in [-0.25, -0.2) is 4.98 Å². The van der Waals surface area contributed by atoms with Crippen molar-refractivity contribution in [2.75, 3.05) is 14.2 Å². The number of hydrogen-bond acceptors (Lipinski definition) is 3. The zero-order chi connectivity index (χ0) is 15.8. The fraction of sp³-hybridized carbons (Fsp3) is 0.294. The Morgan fingerprint density at radius 2 is 1.95 bits per heavy atom. The lowest BCUT2D eigenvalue weighted by atomic mass is 10.1. The molecule has 0 atom stereocenters. The molecule has 0 amide bonds. The summed E-state index contributed by atoms with van der Waals surface area (Å²) in [6.07, 6.45) is 1.74. The molecule has 0 saturated carbocycles. The van der Waals surface area contributed by atoms with Crippen molar-refractivity contribution in [2.45, 2.75) is 20.0 Å². The fourth-order valence-corrected chi connectivity index (χ4v) is 2.07. The summed E-state index contributed by atoms with van der Waals surface area (Å²) in [5.41, 5.74) is 3.62. The number of benzene rings is 1. The van der Waals surface area contributed by atoms with Crippen LogP contribution in [0, 0.1) is 6.92 Å². The maximum atomic E-state index is 5.12. The van der Waals surface area contributed by atoms with Gasteiger partial charge in [0.25, 0.3) is 0 Å². The molecule has 0 unspecified atom stereocenters. The number of pyridine rings is 1. The Labute approximate surface area is 131 Å². The van der Waals surface area contributed by atoms with Crippen molar-refractivity contribution in [2.24, 2.45) is 4.99 Å². The summed E-state index contributed by atoms with van der Waals surface area (Å²) in [5.74, 6) is 1.38. The quantitative estimate of drug-likeness (QED) is 0.657. The molecule has 0 aliphatic carbocycles. The normalized spacial score (nSPS) is 11.1. The molecule has 1 heterocycles. The SMILES string of the molecule is CN=C(NCc1ccnc(OC)c1)NCc1ccccc1C. The second-order valence-corrected chi connectivity index (χ2v) is 4.91. The van der Waals surface area contributed by atoms with Crippen LogP contribution < -0.4 is 15.4 Å². The van der Waals surface area contributed by atoms with E-state index in [-0.39, 0.29) is 0 Å². The number of nitrogens with zero attached hydrogens (tertiary/aromatic N) is 2. The standard InChI is InChI=1S/C17H22N4O/c1-13-6-4-5-7-15(13)12-21-17(18-2)20-11-14-8-9-19-16(10-14)22-3/h4-10H,11-12H2,1-3H3,(H2,18,20,21). The molecule has 0 saturated heterocycles. The van der Waals surface area contributed by atoms with Gasteiger partial charge in [0.1, 0.15) is 0 Å². The Bertz CT molecular complexity index is 640. The van der Waals surface area contributed by atoms with Gasteiger partial charge in [0.15, 0.2) is 5.96 Å². The lowest BCUT2D eigenvalue weighted by Crippen LogP contribution is -2.36. The van der Waals surface area contributed by atoms with Crippen LogP contribution in [0.2, 0.25) is 0 Å². The molecule has 5 heteroatoms. The molecule has 0 bridgehead atoms. The lowest BCUT2D eigenvalue weighted by molar-refractivity contribution is 0.397. The van der Waals surface area contributed by atoms with Crippen LogP contribution in [0.1, 0.15) is 16.7 Å². The zero-order valence-electron chi connectivity index (χ0n) is 13.3. The molecule has 2 N–H and O–H groups in total. The molecular formula is C17H22N4O. The summed E-state index contributed by atoms with van der Waals surface area (Å²) in [6.45, 7) is 3.51. The van der Waals surface area contributed by atoms with Gasteiger partial charge in [-0.05, 0) is 29.7 Å². The molecule has 1 aromatic carbocycles. The number of rotatable bonds is 5. The first-order chi connectivity index (χ1) is 10.7. The highest BCUT2D eigenvalue weighted by Crippen LogP contribution is 2.08. The first-order valence-corrected chi connectivity index (χ1v) is 7.21. The number of nitrogens with one attached hydrogen (secondary N) is 2. The number of methoxy groups -OCH3 is 1. The van der Waals surface area contributed by atoms with E-state index in [0.717, 1.165) is 18.1 Å². The summed E-state index contributed by atoms with van der Waals surface area (Å²) in [6, 6.07) is 12.2. The third-order valence-electron chi connectivity index (χ3n) is 3.40. The summed E-state index contributed by atoms with van der Waals surface area (Å²) in [4.78, 5) is 8.33. The van der Waals surface area contributed by atoms with Crippen molar-refractivity contribution in [1.29, 1.82) is 0 Å². The van der Waals surface area contributed by atoms with E-state index in [4.69, 9.17) is 4.74 Å². The van der Waals surface area contributed by atoms with Gasteiger partial charge in [-0.3, -0.25) is 4.99 Å². The molecule has 22 heavy (non-hydrogen) atoms. The monoisotopic (exact) mass is 298 g/mol. The van der Waals surface area contributed by atoms with Gasteiger partial charge in [0.2, 0.25) is 5.88 Å². The summed E-state index contributed by atoms with van der Waals surface area (Å²) in [7, 11) is 3.38. The van der Waals surface area contributed by atoms with Crippen molar-refractivity contribution in [3.8, 4) is 5.88 Å². The van der Waals surface area contributed by atoms with Crippen molar-refractivity contribution in [1.82, 2.24) is 15.6 Å². The van der Waals surface area contributed by atoms with Crippen LogP contribution in [0.3, 0.4) is 0 Å². The topological polar surface area (TPSA) is 58.5 Å². The first-order valence-electron chi connectivity index (χ1n) is 7.21. The second-order valence-electron chi connectivity index (χ2n) is 4.91. The highest BCUT2D eigenvalue weighted by molar-refractivity contribution is 5.79. The van der Waals surface area contributed by atoms with Crippen LogP contribution in [0.15, 0.2) is 47.6 Å². The highest BCUT2D eigenvalue weighted by Gasteiger charge is 2.02. The Balaban J connectivity index is 1.89. The maximum Gasteiger partial charge on any atom is 0.213 e. The molecule has 0 spiro atoms. The predicted octanol–water partition coefficient (Wildman–Crippen LogP) is 2.26. The van der Waals surface area contributed by atoms with Crippen LogP contribution in [0.4, 0.5) is 0 Å². The van der Waals surface area contributed by atoms with Crippen molar-refractivity contribution in [3.63, 3.8) is 0 Å². The Morgan fingerprint density at radius 1 is 1.18 bits per heavy atom. The van der Waals surface area contributed by atoms with E-state index in [1.807, 2.05) is 24.3 Å². The van der Waals surface area contributed by atoms with Gasteiger partial charge < -0.3 is 15.4 Å². The average molecular weight is 298 g/mol. The molecule has 1 aromatic heterocycles. The molecule has 0 fully saturated rings. The number of aryl methyl sites for hydroxylation is 1. The molecule has 0 aliphatic rings. The molecular weight excluding hydrogens is 276 g/mol. The van der Waals surface area contributed by atoms with Gasteiger partial charge in [-0.2, -0.15) is 0 Å². The second kappa shape index (κ2) is 8.02. The lowest BCUT2D eigenvalue weighted by Gasteiger charge is -2.13. The summed E-state index contributed by atoms with van der Waals surface area (Å²) in [5, 5.41) is 6.60. The van der Waals surface area contributed by atoms with Crippen molar-refractivity contribution in [3.05, 3.63) is 59.3 Å². The zero-order valence-corrected chi connectivity index (χ0v) is 13.3. The molecule has 2 rings (SSSR count). The smallest absolute Gasteiger partial charge is 0.213 e. The number of guanidine groups is 1. The van der Waals surface area contributed by atoms with E-state index >= 15 is 0 Å². The largest absolute Gasteiger partial charge is 0.481 e. The van der Waals surface area contributed by atoms with Gasteiger partial charge in [-0.15, -0.1) is 0 Å². The van der Waals surface area contributed by atoms with Gasteiger partial charge >= 0.3 is 0 Å². The first kappa shape index (κ1) is 15.8. The number of aromatic nitrogens is 1. The number of hydrogen-bond donors (Lipinski definition) is 2. The minimum Gasteiger partial charge on any atom is -0.481 e. The average Bonchev–Trinajstić information content (AvgIpc) is 2.56. The van der Waals surface area contributed by atoms with E-state index in [2.05, 4.69) is 39.7 Å². The Kier molecular flexibility index (Phi) is 5.77. The van der Waals surface area contributed by atoms with Crippen LogP contribution in [-0.4, -0.2) is 25.1 Å². The Hall–Kier alpha value is -2.56. The minimum absolute atomic E-state index is 0.613. The maximum absolute atomic E-state index is 5.12.